The van der Waals surface area contributed by atoms with E-state index < -0.39 is 0 Å². The number of pyridine rings is 2. The normalized spacial score (nSPS) is 17.0. The maximum Gasteiger partial charge on any atom is 0.276 e. The number of rotatable bonds is 5. The Morgan fingerprint density at radius 3 is 2.68 bits per heavy atom. The maximum absolute atomic E-state index is 13.8. The zero-order chi connectivity index (χ0) is 30.9. The predicted molar refractivity (Wildman–Crippen MR) is 168 cm³/mol. The fraction of sp³-hybridized carbons (Fsp3) is 0.424. The first-order valence-electron chi connectivity index (χ1n) is 15.3. The van der Waals surface area contributed by atoms with Crippen LogP contribution >= 0.6 is 0 Å². The van der Waals surface area contributed by atoms with Gasteiger partial charge in [0.1, 0.15) is 17.2 Å². The van der Waals surface area contributed by atoms with Crippen LogP contribution < -0.4 is 15.8 Å². The summed E-state index contributed by atoms with van der Waals surface area (Å²) in [5, 5.41) is 7.87. The number of anilines is 3. The van der Waals surface area contributed by atoms with Crippen molar-refractivity contribution in [1.82, 2.24) is 28.8 Å². The summed E-state index contributed by atoms with van der Waals surface area (Å²) in [6.07, 6.45) is 5.99. The van der Waals surface area contributed by atoms with E-state index >= 15 is 0 Å². The van der Waals surface area contributed by atoms with E-state index in [9.17, 15) is 14.4 Å². The van der Waals surface area contributed by atoms with Crippen LogP contribution in [0.4, 0.5) is 17.3 Å². The van der Waals surface area contributed by atoms with Crippen molar-refractivity contribution in [2.45, 2.75) is 66.6 Å². The molecule has 0 saturated heterocycles. The molecule has 0 spiro atoms. The van der Waals surface area contributed by atoms with E-state index in [4.69, 9.17) is 0 Å². The standard InChI is InChI=1S/C33H38N8O3/c1-6-29(42)38-9-12-41-23(19-38)15-28(36-41)35-25-13-22(18-37(5)31(25)43)24-7-8-34-30(20(24)2)40-11-10-39-26(32(40)44)14-21-16-33(3,4)17-27(21)39/h7-8,13-15,18H,6,9-12,16-17,19H2,1-5H3,(H,35,36). The van der Waals surface area contributed by atoms with Gasteiger partial charge in [-0.3, -0.25) is 24.0 Å². The summed E-state index contributed by atoms with van der Waals surface area (Å²) in [5.74, 6) is 1.29. The molecule has 0 saturated carbocycles. The number of hydrogen-bond acceptors (Lipinski definition) is 6. The molecule has 2 amide bonds. The minimum absolute atomic E-state index is 0.0259. The van der Waals surface area contributed by atoms with Crippen molar-refractivity contribution in [3.63, 3.8) is 0 Å². The van der Waals surface area contributed by atoms with Crippen molar-refractivity contribution in [2.75, 3.05) is 23.3 Å². The number of carbonyl (C=O) groups is 2. The molecule has 0 atom stereocenters. The summed E-state index contributed by atoms with van der Waals surface area (Å²) in [6, 6.07) is 7.72. The molecule has 3 aliphatic rings. The van der Waals surface area contributed by atoms with E-state index in [0.717, 1.165) is 47.5 Å². The van der Waals surface area contributed by atoms with Crippen LogP contribution in [-0.4, -0.2) is 53.7 Å². The first-order valence-corrected chi connectivity index (χ1v) is 15.3. The van der Waals surface area contributed by atoms with E-state index in [2.05, 4.69) is 39.9 Å². The van der Waals surface area contributed by atoms with Gasteiger partial charge in [-0.25, -0.2) is 4.98 Å². The van der Waals surface area contributed by atoms with Gasteiger partial charge in [-0.15, -0.1) is 0 Å². The predicted octanol–water partition coefficient (Wildman–Crippen LogP) is 4.03. The lowest BCUT2D eigenvalue weighted by Crippen LogP contribution is -2.41. The number of fused-ring (bicyclic) bond motifs is 4. The highest BCUT2D eigenvalue weighted by Gasteiger charge is 2.37. The summed E-state index contributed by atoms with van der Waals surface area (Å²) < 4.78 is 5.65. The third-order valence-corrected chi connectivity index (χ3v) is 9.27. The van der Waals surface area contributed by atoms with Crippen LogP contribution in [0.2, 0.25) is 0 Å². The lowest BCUT2D eigenvalue weighted by molar-refractivity contribution is -0.132. The zero-order valence-corrected chi connectivity index (χ0v) is 26.0. The van der Waals surface area contributed by atoms with Gasteiger partial charge in [0.25, 0.3) is 11.5 Å². The molecule has 1 N–H and O–H groups in total. The number of carbonyl (C=O) groups excluding carboxylic acids is 2. The number of hydrogen-bond donors (Lipinski definition) is 1. The molecule has 7 rings (SSSR count). The highest BCUT2D eigenvalue weighted by atomic mass is 16.2. The molecule has 4 aromatic rings. The smallest absolute Gasteiger partial charge is 0.276 e. The largest absolute Gasteiger partial charge is 0.339 e. The van der Waals surface area contributed by atoms with Crippen LogP contribution in [0.1, 0.15) is 60.2 Å². The summed E-state index contributed by atoms with van der Waals surface area (Å²) >= 11 is 0. The third kappa shape index (κ3) is 4.61. The van der Waals surface area contributed by atoms with Crippen molar-refractivity contribution in [3.8, 4) is 11.1 Å². The SMILES string of the molecule is CCC(=O)N1CCn2nc(Nc3cc(-c4ccnc(N5CCn6c(cc7c6CC(C)(C)C7)C5=O)c4C)cn(C)c3=O)cc2C1. The minimum Gasteiger partial charge on any atom is -0.339 e. The lowest BCUT2D eigenvalue weighted by Gasteiger charge is -2.30. The molecule has 6 heterocycles. The number of nitrogens with one attached hydrogen (secondary N) is 1. The Balaban J connectivity index is 1.17. The minimum atomic E-state index is -0.183. The van der Waals surface area contributed by atoms with Crippen molar-refractivity contribution < 1.29 is 9.59 Å². The highest BCUT2D eigenvalue weighted by Crippen LogP contribution is 2.40. The molecular formula is C33H38N8O3. The fourth-order valence-electron chi connectivity index (χ4n) is 7.07. The Hall–Kier alpha value is -4.67. The molecular weight excluding hydrogens is 556 g/mol. The van der Waals surface area contributed by atoms with Gasteiger partial charge in [0.2, 0.25) is 5.91 Å². The fourth-order valence-corrected chi connectivity index (χ4v) is 7.07. The van der Waals surface area contributed by atoms with Crippen molar-refractivity contribution in [2.24, 2.45) is 12.5 Å². The van der Waals surface area contributed by atoms with E-state index in [1.807, 2.05) is 47.8 Å². The molecule has 0 bridgehead atoms. The van der Waals surface area contributed by atoms with E-state index in [1.54, 1.807) is 22.7 Å². The Morgan fingerprint density at radius 2 is 1.89 bits per heavy atom. The average Bonchev–Trinajstić information content (AvgIpc) is 3.64. The van der Waals surface area contributed by atoms with Crippen LogP contribution in [0, 0.1) is 12.3 Å². The number of aromatic nitrogens is 5. The number of aryl methyl sites for hydroxylation is 1. The average molecular weight is 595 g/mol. The summed E-state index contributed by atoms with van der Waals surface area (Å²) in [6.45, 7) is 11.4. The van der Waals surface area contributed by atoms with Gasteiger partial charge in [0, 0.05) is 62.8 Å². The van der Waals surface area contributed by atoms with Crippen molar-refractivity contribution in [3.05, 3.63) is 75.2 Å². The molecule has 1 aliphatic carbocycles. The highest BCUT2D eigenvalue weighted by molar-refractivity contribution is 6.06. The molecule has 0 fully saturated rings. The topological polar surface area (TPSA) is 110 Å². The van der Waals surface area contributed by atoms with Gasteiger partial charge in [-0.2, -0.15) is 5.10 Å². The van der Waals surface area contributed by atoms with Gasteiger partial charge in [0.05, 0.1) is 18.8 Å². The molecule has 0 aromatic carbocycles. The zero-order valence-electron chi connectivity index (χ0n) is 26.0. The van der Waals surface area contributed by atoms with Gasteiger partial charge in [-0.05, 0) is 60.1 Å². The molecule has 228 valence electrons. The molecule has 2 aliphatic heterocycles. The Bertz CT molecular complexity index is 1900. The summed E-state index contributed by atoms with van der Waals surface area (Å²) in [4.78, 5) is 47.5. The summed E-state index contributed by atoms with van der Waals surface area (Å²) in [7, 11) is 1.73. The Kier molecular flexibility index (Phi) is 6.53. The monoisotopic (exact) mass is 594 g/mol. The van der Waals surface area contributed by atoms with Crippen LogP contribution in [-0.2, 0) is 44.3 Å². The van der Waals surface area contributed by atoms with Crippen LogP contribution in [0.15, 0.2) is 41.5 Å². The Morgan fingerprint density at radius 1 is 1.07 bits per heavy atom. The van der Waals surface area contributed by atoms with Gasteiger partial charge >= 0.3 is 0 Å². The Labute approximate surface area is 256 Å². The third-order valence-electron chi connectivity index (χ3n) is 9.27. The van der Waals surface area contributed by atoms with Crippen LogP contribution in [0.3, 0.4) is 0 Å². The van der Waals surface area contributed by atoms with Gasteiger partial charge < -0.3 is 19.4 Å². The second-order valence-electron chi connectivity index (χ2n) is 13.0. The quantitative estimate of drug-likeness (QED) is 0.374. The molecule has 11 heteroatoms. The first kappa shape index (κ1) is 28.1. The van der Waals surface area contributed by atoms with E-state index in [1.165, 1.54) is 11.3 Å². The molecule has 11 nitrogen and oxygen atoms in total. The number of nitrogens with zero attached hydrogens (tertiary/aromatic N) is 7. The van der Waals surface area contributed by atoms with Crippen molar-refractivity contribution in [1.29, 1.82) is 0 Å². The van der Waals surface area contributed by atoms with Gasteiger partial charge in [0.15, 0.2) is 5.82 Å². The molecule has 0 unspecified atom stereocenters. The maximum atomic E-state index is 13.8. The first-order chi connectivity index (χ1) is 21.0. The van der Waals surface area contributed by atoms with Crippen LogP contribution in [0.25, 0.3) is 11.1 Å². The second kappa shape index (κ2) is 10.2. The number of amides is 2. The summed E-state index contributed by atoms with van der Waals surface area (Å²) in [5.41, 5.74) is 7.28. The molecule has 0 radical (unpaired) electrons. The molecule has 44 heavy (non-hydrogen) atoms. The molecule has 4 aromatic heterocycles. The van der Waals surface area contributed by atoms with Crippen LogP contribution in [0.5, 0.6) is 0 Å². The van der Waals surface area contributed by atoms with Gasteiger partial charge in [-0.1, -0.05) is 20.8 Å². The van der Waals surface area contributed by atoms with E-state index in [0.29, 0.717) is 49.9 Å². The second-order valence-corrected chi connectivity index (χ2v) is 13.0. The van der Waals surface area contributed by atoms with E-state index in [-0.39, 0.29) is 22.8 Å². The van der Waals surface area contributed by atoms with Crippen molar-refractivity contribution >= 4 is 29.1 Å². The lowest BCUT2D eigenvalue weighted by atomic mass is 9.90.